The van der Waals surface area contributed by atoms with Gasteiger partial charge in [0.2, 0.25) is 0 Å². The summed E-state index contributed by atoms with van der Waals surface area (Å²) in [5, 5.41) is 3.51. The summed E-state index contributed by atoms with van der Waals surface area (Å²) >= 11 is 0. The first-order valence-corrected chi connectivity index (χ1v) is 6.73. The fraction of sp³-hybridized carbons (Fsp3) is 0.333. The highest BCUT2D eigenvalue weighted by Gasteiger charge is 2.14. The molecule has 0 bridgehead atoms. The number of nitrogens with one attached hydrogen (secondary N) is 2. The van der Waals surface area contributed by atoms with E-state index in [2.05, 4.69) is 15.3 Å². The van der Waals surface area contributed by atoms with Crippen LogP contribution in [-0.4, -0.2) is 30.0 Å². The van der Waals surface area contributed by atoms with Crippen molar-refractivity contribution in [1.82, 2.24) is 10.3 Å². The van der Waals surface area contributed by atoms with Gasteiger partial charge >= 0.3 is 0 Å². The van der Waals surface area contributed by atoms with Crippen LogP contribution >= 0.6 is 0 Å². The lowest BCUT2D eigenvalue weighted by Crippen LogP contribution is -2.37. The summed E-state index contributed by atoms with van der Waals surface area (Å²) in [7, 11) is 1.60. The SMILES string of the molecule is COc1ccc(C)c2cc(C(=O)NC(N)=NC(C)C)[nH]c12. The lowest BCUT2D eigenvalue weighted by Gasteiger charge is -2.04. The van der Waals surface area contributed by atoms with Gasteiger partial charge in [-0.2, -0.15) is 0 Å². The number of hydrogen-bond donors (Lipinski definition) is 3. The lowest BCUT2D eigenvalue weighted by atomic mass is 10.1. The lowest BCUT2D eigenvalue weighted by molar-refractivity contribution is 0.0972. The first kappa shape index (κ1) is 14.9. The highest BCUT2D eigenvalue weighted by molar-refractivity contribution is 6.07. The van der Waals surface area contributed by atoms with E-state index in [1.165, 1.54) is 0 Å². The highest BCUT2D eigenvalue weighted by Crippen LogP contribution is 2.28. The Balaban J connectivity index is 2.35. The number of aromatic amines is 1. The number of aryl methyl sites for hydroxylation is 1. The summed E-state index contributed by atoms with van der Waals surface area (Å²) < 4.78 is 5.30. The number of rotatable bonds is 3. The predicted octanol–water partition coefficient (Wildman–Crippen LogP) is 1.94. The van der Waals surface area contributed by atoms with Crippen LogP contribution in [0.25, 0.3) is 10.9 Å². The van der Waals surface area contributed by atoms with Crippen molar-refractivity contribution < 1.29 is 9.53 Å². The Morgan fingerprint density at radius 2 is 2.14 bits per heavy atom. The van der Waals surface area contributed by atoms with E-state index in [9.17, 15) is 4.79 Å². The summed E-state index contributed by atoms with van der Waals surface area (Å²) in [6.07, 6.45) is 0. The number of aromatic nitrogens is 1. The number of H-pyrrole nitrogens is 1. The molecule has 2 aromatic rings. The van der Waals surface area contributed by atoms with Crippen LogP contribution in [0.5, 0.6) is 5.75 Å². The molecule has 6 nitrogen and oxygen atoms in total. The molecule has 0 atom stereocenters. The maximum absolute atomic E-state index is 12.2. The quantitative estimate of drug-likeness (QED) is 0.595. The van der Waals surface area contributed by atoms with Crippen molar-refractivity contribution in [2.24, 2.45) is 10.7 Å². The molecule has 0 aliphatic rings. The molecule has 4 N–H and O–H groups in total. The van der Waals surface area contributed by atoms with Crippen molar-refractivity contribution in [3.8, 4) is 5.75 Å². The second-order valence-electron chi connectivity index (χ2n) is 5.12. The van der Waals surface area contributed by atoms with Crippen LogP contribution in [0, 0.1) is 6.92 Å². The summed E-state index contributed by atoms with van der Waals surface area (Å²) in [5.41, 5.74) is 7.94. The number of ether oxygens (including phenoxy) is 1. The molecule has 0 aliphatic carbocycles. The minimum Gasteiger partial charge on any atom is -0.495 e. The maximum atomic E-state index is 12.2. The van der Waals surface area contributed by atoms with Gasteiger partial charge in [-0.15, -0.1) is 0 Å². The normalized spacial score (nSPS) is 12.0. The van der Waals surface area contributed by atoms with Gasteiger partial charge in [-0.25, -0.2) is 0 Å². The first-order valence-electron chi connectivity index (χ1n) is 6.73. The monoisotopic (exact) mass is 288 g/mol. The molecular formula is C15H20N4O2. The standard InChI is InChI=1S/C15H20N4O2/c1-8(2)17-15(16)19-14(20)11-7-10-9(3)5-6-12(21-4)13(10)18-11/h5-8,18H,1-4H3,(H3,16,17,19,20). The molecule has 112 valence electrons. The van der Waals surface area contributed by atoms with Gasteiger partial charge in [0, 0.05) is 11.4 Å². The van der Waals surface area contributed by atoms with Crippen LogP contribution in [0.1, 0.15) is 29.9 Å². The topological polar surface area (TPSA) is 92.5 Å². The Morgan fingerprint density at radius 1 is 1.43 bits per heavy atom. The average Bonchev–Trinajstić information content (AvgIpc) is 2.84. The zero-order chi connectivity index (χ0) is 15.6. The van der Waals surface area contributed by atoms with E-state index >= 15 is 0 Å². The molecule has 1 heterocycles. The number of fused-ring (bicyclic) bond motifs is 1. The van der Waals surface area contributed by atoms with E-state index in [1.807, 2.05) is 32.9 Å². The van der Waals surface area contributed by atoms with Crippen molar-refractivity contribution in [2.45, 2.75) is 26.8 Å². The van der Waals surface area contributed by atoms with Gasteiger partial charge < -0.3 is 15.5 Å². The molecule has 21 heavy (non-hydrogen) atoms. The second kappa shape index (κ2) is 5.87. The van der Waals surface area contributed by atoms with E-state index in [0.29, 0.717) is 11.4 Å². The maximum Gasteiger partial charge on any atom is 0.274 e. The van der Waals surface area contributed by atoms with E-state index in [0.717, 1.165) is 16.5 Å². The van der Waals surface area contributed by atoms with Crippen molar-refractivity contribution in [1.29, 1.82) is 0 Å². The number of carbonyl (C=O) groups excluding carboxylic acids is 1. The van der Waals surface area contributed by atoms with Gasteiger partial charge in [0.25, 0.3) is 5.91 Å². The molecule has 6 heteroatoms. The third-order valence-electron chi connectivity index (χ3n) is 3.08. The summed E-state index contributed by atoms with van der Waals surface area (Å²) in [6, 6.07) is 5.62. The molecule has 1 aromatic heterocycles. The number of hydrogen-bond acceptors (Lipinski definition) is 3. The molecule has 2 rings (SSSR count). The molecular weight excluding hydrogens is 268 g/mol. The van der Waals surface area contributed by atoms with Gasteiger partial charge in [-0.3, -0.25) is 15.1 Å². The molecule has 1 amide bonds. The Bertz CT molecular complexity index is 701. The minimum atomic E-state index is -0.324. The summed E-state index contributed by atoms with van der Waals surface area (Å²) in [6.45, 7) is 5.75. The van der Waals surface area contributed by atoms with Gasteiger partial charge in [0.1, 0.15) is 11.4 Å². The van der Waals surface area contributed by atoms with Crippen LogP contribution in [-0.2, 0) is 0 Å². The van der Waals surface area contributed by atoms with E-state index in [-0.39, 0.29) is 17.9 Å². The largest absolute Gasteiger partial charge is 0.495 e. The molecule has 0 saturated carbocycles. The number of amides is 1. The zero-order valence-electron chi connectivity index (χ0n) is 12.7. The molecule has 0 spiro atoms. The van der Waals surface area contributed by atoms with Crippen molar-refractivity contribution in [2.75, 3.05) is 7.11 Å². The van der Waals surface area contributed by atoms with Crippen LogP contribution in [0.15, 0.2) is 23.2 Å². The van der Waals surface area contributed by atoms with Crippen molar-refractivity contribution in [3.63, 3.8) is 0 Å². The molecule has 1 aromatic carbocycles. The number of nitrogens with two attached hydrogens (primary N) is 1. The number of methoxy groups -OCH3 is 1. The Kier molecular flexibility index (Phi) is 4.16. The van der Waals surface area contributed by atoms with Crippen LogP contribution in [0.3, 0.4) is 0 Å². The number of carbonyl (C=O) groups is 1. The Hall–Kier alpha value is -2.50. The fourth-order valence-corrected chi connectivity index (χ4v) is 2.12. The zero-order valence-corrected chi connectivity index (χ0v) is 12.7. The Morgan fingerprint density at radius 3 is 2.76 bits per heavy atom. The number of aliphatic imine (C=N–C) groups is 1. The van der Waals surface area contributed by atoms with Crippen molar-refractivity contribution >= 4 is 22.8 Å². The smallest absolute Gasteiger partial charge is 0.274 e. The van der Waals surface area contributed by atoms with Gasteiger partial charge in [-0.1, -0.05) is 6.07 Å². The molecule has 0 saturated heterocycles. The van der Waals surface area contributed by atoms with Gasteiger partial charge in [0.15, 0.2) is 5.96 Å². The first-order chi connectivity index (χ1) is 9.92. The highest BCUT2D eigenvalue weighted by atomic mass is 16.5. The van der Waals surface area contributed by atoms with Gasteiger partial charge in [0.05, 0.1) is 12.6 Å². The van der Waals surface area contributed by atoms with Crippen LogP contribution in [0.2, 0.25) is 0 Å². The van der Waals surface area contributed by atoms with Crippen LogP contribution < -0.4 is 15.8 Å². The number of guanidine groups is 1. The fourth-order valence-electron chi connectivity index (χ4n) is 2.12. The van der Waals surface area contributed by atoms with Crippen molar-refractivity contribution in [3.05, 3.63) is 29.5 Å². The second-order valence-corrected chi connectivity index (χ2v) is 5.12. The summed E-state index contributed by atoms with van der Waals surface area (Å²) in [4.78, 5) is 19.3. The third-order valence-corrected chi connectivity index (χ3v) is 3.08. The van der Waals surface area contributed by atoms with E-state index < -0.39 is 0 Å². The number of benzene rings is 1. The summed E-state index contributed by atoms with van der Waals surface area (Å²) in [5.74, 6) is 0.477. The minimum absolute atomic E-state index is 0.0235. The molecule has 0 unspecified atom stereocenters. The number of nitrogens with zero attached hydrogens (tertiary/aromatic N) is 1. The predicted molar refractivity (Wildman–Crippen MR) is 83.8 cm³/mol. The molecule has 0 radical (unpaired) electrons. The Labute approximate surface area is 123 Å². The molecule has 0 aliphatic heterocycles. The van der Waals surface area contributed by atoms with Gasteiger partial charge in [-0.05, 0) is 38.5 Å². The third kappa shape index (κ3) is 3.16. The van der Waals surface area contributed by atoms with E-state index in [4.69, 9.17) is 10.5 Å². The van der Waals surface area contributed by atoms with E-state index in [1.54, 1.807) is 13.2 Å². The molecule has 0 fully saturated rings. The van der Waals surface area contributed by atoms with Crippen LogP contribution in [0.4, 0.5) is 0 Å². The average molecular weight is 288 g/mol.